The summed E-state index contributed by atoms with van der Waals surface area (Å²) in [5.41, 5.74) is 17.3. The van der Waals surface area contributed by atoms with Gasteiger partial charge in [-0.15, -0.1) is 11.3 Å². The molecule has 0 aliphatic heterocycles. The van der Waals surface area contributed by atoms with E-state index < -0.39 is 0 Å². The van der Waals surface area contributed by atoms with E-state index in [9.17, 15) is 0 Å². The molecule has 1 aliphatic rings. The Kier molecular flexibility index (Phi) is 8.41. The summed E-state index contributed by atoms with van der Waals surface area (Å²) in [6.07, 6.45) is 0. The van der Waals surface area contributed by atoms with Gasteiger partial charge in [-0.1, -0.05) is 166 Å². The number of nitrogens with zero attached hydrogens (tertiary/aromatic N) is 2. The molecule has 0 radical (unpaired) electrons. The van der Waals surface area contributed by atoms with Crippen molar-refractivity contribution in [2.24, 2.45) is 0 Å². The first kappa shape index (κ1) is 36.4. The van der Waals surface area contributed by atoms with Gasteiger partial charge in [0.2, 0.25) is 0 Å². The first-order chi connectivity index (χ1) is 30.4. The van der Waals surface area contributed by atoms with Gasteiger partial charge in [0.1, 0.15) is 0 Å². The molecule has 0 bridgehead atoms. The Morgan fingerprint density at radius 1 is 0.339 bits per heavy atom. The summed E-state index contributed by atoms with van der Waals surface area (Å²) in [6, 6.07) is 75.1. The van der Waals surface area contributed by atoms with E-state index in [1.54, 1.807) is 0 Å². The molecule has 9 aromatic carbocycles. The molecule has 0 spiro atoms. The van der Waals surface area contributed by atoms with Crippen molar-refractivity contribution in [2.75, 3.05) is 0 Å². The number of thiophene rings is 1. The molecule has 0 unspecified atom stereocenters. The van der Waals surface area contributed by atoms with Crippen molar-refractivity contribution >= 4 is 42.3 Å². The molecule has 0 atom stereocenters. The van der Waals surface area contributed by atoms with Gasteiger partial charge in [0.25, 0.3) is 0 Å². The van der Waals surface area contributed by atoms with Gasteiger partial charge in [-0.25, -0.2) is 9.97 Å². The summed E-state index contributed by atoms with van der Waals surface area (Å²) >= 11 is 1.85. The second kappa shape index (κ2) is 14.3. The van der Waals surface area contributed by atoms with Crippen LogP contribution in [0.1, 0.15) is 25.0 Å². The average molecular weight is 809 g/mol. The quantitative estimate of drug-likeness (QED) is 0.167. The lowest BCUT2D eigenvalue weighted by Gasteiger charge is -2.21. The number of hydrogen-bond donors (Lipinski definition) is 0. The molecule has 11 aromatic rings. The minimum Gasteiger partial charge on any atom is -0.228 e. The van der Waals surface area contributed by atoms with Gasteiger partial charge in [-0.05, 0) is 121 Å². The molecule has 0 saturated heterocycles. The fourth-order valence-corrected chi connectivity index (χ4v) is 10.7. The largest absolute Gasteiger partial charge is 0.228 e. The van der Waals surface area contributed by atoms with Gasteiger partial charge in [-0.2, -0.15) is 0 Å². The number of fused-ring (bicyclic) bond motifs is 7. The van der Waals surface area contributed by atoms with Crippen LogP contribution in [0.2, 0.25) is 0 Å². The Labute approximate surface area is 365 Å². The zero-order chi connectivity index (χ0) is 41.4. The van der Waals surface area contributed by atoms with Crippen molar-refractivity contribution in [3.8, 4) is 78.4 Å². The van der Waals surface area contributed by atoms with Crippen LogP contribution in [0.15, 0.2) is 206 Å². The second-order valence-corrected chi connectivity index (χ2v) is 18.1. The van der Waals surface area contributed by atoms with E-state index in [0.29, 0.717) is 5.82 Å². The maximum atomic E-state index is 5.32. The van der Waals surface area contributed by atoms with Gasteiger partial charge in [-0.3, -0.25) is 0 Å². The number of aromatic nitrogens is 2. The Hall–Kier alpha value is -7.46. The van der Waals surface area contributed by atoms with Crippen LogP contribution in [0.25, 0.3) is 109 Å². The third kappa shape index (κ3) is 6.16. The predicted octanol–water partition coefficient (Wildman–Crippen LogP) is 16.3. The van der Waals surface area contributed by atoms with Crippen LogP contribution in [-0.2, 0) is 5.41 Å². The van der Waals surface area contributed by atoms with E-state index in [-0.39, 0.29) is 5.41 Å². The molecule has 2 heterocycles. The van der Waals surface area contributed by atoms with Gasteiger partial charge in [0.05, 0.1) is 11.4 Å². The predicted molar refractivity (Wildman–Crippen MR) is 263 cm³/mol. The highest BCUT2D eigenvalue weighted by Crippen LogP contribution is 2.49. The highest BCUT2D eigenvalue weighted by atomic mass is 32.1. The monoisotopic (exact) mass is 808 g/mol. The summed E-state index contributed by atoms with van der Waals surface area (Å²) in [6.45, 7) is 4.66. The van der Waals surface area contributed by atoms with Gasteiger partial charge in [0, 0.05) is 42.3 Å². The first-order valence-electron chi connectivity index (χ1n) is 21.3. The van der Waals surface area contributed by atoms with Crippen LogP contribution in [0.4, 0.5) is 0 Å². The summed E-state index contributed by atoms with van der Waals surface area (Å²) in [5.74, 6) is 0.700. The molecule has 0 fully saturated rings. The van der Waals surface area contributed by atoms with E-state index in [2.05, 4.69) is 214 Å². The molecule has 1 aliphatic carbocycles. The van der Waals surface area contributed by atoms with Crippen LogP contribution in [0, 0.1) is 0 Å². The fraction of sp³-hybridized carbons (Fsp3) is 0.0508. The lowest BCUT2D eigenvalue weighted by Crippen LogP contribution is -2.14. The third-order valence-corrected chi connectivity index (χ3v) is 14.0. The smallest absolute Gasteiger partial charge is 0.160 e. The highest BCUT2D eigenvalue weighted by molar-refractivity contribution is 7.25. The third-order valence-electron chi connectivity index (χ3n) is 12.9. The molecule has 2 aromatic heterocycles. The molecule has 12 rings (SSSR count). The number of rotatable bonds is 6. The number of benzene rings is 9. The van der Waals surface area contributed by atoms with Gasteiger partial charge in [0.15, 0.2) is 5.82 Å². The van der Waals surface area contributed by atoms with E-state index >= 15 is 0 Å². The van der Waals surface area contributed by atoms with Crippen molar-refractivity contribution < 1.29 is 0 Å². The van der Waals surface area contributed by atoms with Crippen LogP contribution >= 0.6 is 11.3 Å². The summed E-state index contributed by atoms with van der Waals surface area (Å²) in [4.78, 5) is 10.6. The Bertz CT molecular complexity index is 3540. The Morgan fingerprint density at radius 3 is 1.76 bits per heavy atom. The zero-order valence-corrected chi connectivity index (χ0v) is 35.2. The van der Waals surface area contributed by atoms with E-state index in [4.69, 9.17) is 9.97 Å². The maximum Gasteiger partial charge on any atom is 0.160 e. The van der Waals surface area contributed by atoms with Crippen molar-refractivity contribution in [3.05, 3.63) is 217 Å². The van der Waals surface area contributed by atoms with Crippen molar-refractivity contribution in [1.29, 1.82) is 0 Å². The SMILES string of the molecule is CC1(C)c2ccccc2-c2cc(-c3ccc(-c4cc(-c5cc(-c6ccc7ccccc7c6)cc(-c6ccc7sc8ccccc8c7c6)c5)nc(-c5ccccc5)n4)cc3)ccc21. The lowest BCUT2D eigenvalue weighted by atomic mass is 9.82. The van der Waals surface area contributed by atoms with Crippen LogP contribution in [0.3, 0.4) is 0 Å². The molecule has 0 N–H and O–H groups in total. The molecule has 0 amide bonds. The molecule has 292 valence electrons. The van der Waals surface area contributed by atoms with Gasteiger partial charge >= 0.3 is 0 Å². The van der Waals surface area contributed by atoms with Gasteiger partial charge < -0.3 is 0 Å². The van der Waals surface area contributed by atoms with E-state index in [0.717, 1.165) is 39.2 Å². The first-order valence-corrected chi connectivity index (χ1v) is 22.1. The molecule has 3 heteroatoms. The molecular weight excluding hydrogens is 769 g/mol. The minimum atomic E-state index is -0.0161. The summed E-state index contributed by atoms with van der Waals surface area (Å²) in [7, 11) is 0. The normalized spacial score (nSPS) is 12.8. The standard InChI is InChI=1S/C59H40N2S/c1-59(2)52-18-10-8-16-48(52)50-34-43(26-28-53(50)59)38-20-23-39(24-21-38)54-36-55(61-58(60-54)40-13-4-3-5-14-40)47-32-45(42-25-22-37-12-6-7-15-41(37)30-42)31-46(33-47)44-27-29-57-51(35-44)49-17-9-11-19-56(49)62-57/h3-36H,1-2H3. The van der Waals surface area contributed by atoms with Crippen LogP contribution in [-0.4, -0.2) is 9.97 Å². The molecule has 2 nitrogen and oxygen atoms in total. The molecule has 62 heavy (non-hydrogen) atoms. The second-order valence-electron chi connectivity index (χ2n) is 17.0. The van der Waals surface area contributed by atoms with Crippen LogP contribution in [0.5, 0.6) is 0 Å². The van der Waals surface area contributed by atoms with Crippen molar-refractivity contribution in [3.63, 3.8) is 0 Å². The fourth-order valence-electron chi connectivity index (χ4n) is 9.58. The van der Waals surface area contributed by atoms with E-state index in [1.807, 2.05) is 17.4 Å². The van der Waals surface area contributed by atoms with E-state index in [1.165, 1.54) is 75.5 Å². The average Bonchev–Trinajstić information content (AvgIpc) is 3.82. The van der Waals surface area contributed by atoms with Crippen molar-refractivity contribution in [2.45, 2.75) is 19.3 Å². The topological polar surface area (TPSA) is 25.8 Å². The molecule has 0 saturated carbocycles. The molecular formula is C59H40N2S. The Balaban J connectivity index is 0.997. The lowest BCUT2D eigenvalue weighted by molar-refractivity contribution is 0.660. The number of hydrogen-bond acceptors (Lipinski definition) is 3. The Morgan fingerprint density at radius 2 is 0.919 bits per heavy atom. The minimum absolute atomic E-state index is 0.0161. The summed E-state index contributed by atoms with van der Waals surface area (Å²) < 4.78 is 2.60. The zero-order valence-electron chi connectivity index (χ0n) is 34.4. The van der Waals surface area contributed by atoms with Crippen molar-refractivity contribution in [1.82, 2.24) is 9.97 Å². The van der Waals surface area contributed by atoms with Crippen LogP contribution < -0.4 is 0 Å². The summed E-state index contributed by atoms with van der Waals surface area (Å²) in [5, 5.41) is 5.03. The highest BCUT2D eigenvalue weighted by Gasteiger charge is 2.35. The maximum absolute atomic E-state index is 5.32.